The molecular weight excluding hydrogens is 372 g/mol. The Morgan fingerprint density at radius 1 is 1.00 bits per heavy atom. The van der Waals surface area contributed by atoms with E-state index in [0.29, 0.717) is 6.61 Å². The molecule has 0 atom stereocenters. The second-order valence-electron chi connectivity index (χ2n) is 6.61. The van der Waals surface area contributed by atoms with Crippen molar-refractivity contribution in [3.05, 3.63) is 65.2 Å². The maximum Gasteiger partial charge on any atom is 0.306 e. The van der Waals surface area contributed by atoms with Gasteiger partial charge in [-0.2, -0.15) is 0 Å². The smallest absolute Gasteiger partial charge is 0.306 e. The first-order chi connectivity index (χ1) is 13.4. The Hall–Kier alpha value is -2.73. The Bertz CT molecular complexity index is 822. The summed E-state index contributed by atoms with van der Waals surface area (Å²) in [7, 11) is 0. The van der Waals surface area contributed by atoms with E-state index in [1.54, 1.807) is 0 Å². The molecule has 148 valence electrons. The first kappa shape index (κ1) is 21.6. The van der Waals surface area contributed by atoms with Crippen molar-refractivity contribution in [3.63, 3.8) is 0 Å². The summed E-state index contributed by atoms with van der Waals surface area (Å²) >= 11 is 5.14. The number of hydrogen-bond donors (Lipinski definition) is 2. The molecule has 5 nitrogen and oxygen atoms in total. The van der Waals surface area contributed by atoms with Gasteiger partial charge in [0.05, 0.1) is 13.0 Å². The lowest BCUT2D eigenvalue weighted by Gasteiger charge is -2.11. The summed E-state index contributed by atoms with van der Waals surface area (Å²) in [6, 6.07) is 15.9. The van der Waals surface area contributed by atoms with Crippen molar-refractivity contribution in [1.82, 2.24) is 5.32 Å². The van der Waals surface area contributed by atoms with Gasteiger partial charge in [0.25, 0.3) is 0 Å². The van der Waals surface area contributed by atoms with Gasteiger partial charge in [-0.15, -0.1) is 0 Å². The lowest BCUT2D eigenvalue weighted by molar-refractivity contribution is -0.145. The summed E-state index contributed by atoms with van der Waals surface area (Å²) < 4.78 is 5.17. The highest BCUT2D eigenvalue weighted by Crippen LogP contribution is 2.14. The summed E-state index contributed by atoms with van der Waals surface area (Å²) in [5.74, 6) is -0.696. The summed E-state index contributed by atoms with van der Waals surface area (Å²) in [5.41, 5.74) is 4.34. The molecule has 2 N–H and O–H groups in total. The third-order valence-electron chi connectivity index (χ3n) is 4.29. The zero-order chi connectivity index (χ0) is 20.4. The lowest BCUT2D eigenvalue weighted by atomic mass is 10.1. The topological polar surface area (TPSA) is 67.4 Å². The fraction of sp³-hybridized carbons (Fsp3) is 0.318. The van der Waals surface area contributed by atoms with Gasteiger partial charge in [-0.25, -0.2) is 0 Å². The zero-order valence-electron chi connectivity index (χ0n) is 16.3. The Balaban J connectivity index is 1.61. The highest BCUT2D eigenvalue weighted by molar-refractivity contribution is 7.80. The predicted octanol–water partition coefficient (Wildman–Crippen LogP) is 4.07. The predicted molar refractivity (Wildman–Crippen MR) is 115 cm³/mol. The monoisotopic (exact) mass is 398 g/mol. The summed E-state index contributed by atoms with van der Waals surface area (Å²) in [4.78, 5) is 23.7. The molecule has 0 saturated heterocycles. The standard InChI is InChI=1S/C22H26N2O3S/c1-16-10-11-19(15-17(16)2)23-22(28)24-20(25)12-13-21(26)27-14-6-9-18-7-4-3-5-8-18/h3-5,7-8,10-11,15H,6,9,12-14H2,1-2H3,(H2,23,24,25,28). The van der Waals surface area contributed by atoms with Crippen molar-refractivity contribution >= 4 is 34.9 Å². The number of anilines is 1. The SMILES string of the molecule is Cc1ccc(NC(=S)NC(=O)CCC(=O)OCCCc2ccccc2)cc1C. The average Bonchev–Trinajstić information content (AvgIpc) is 2.67. The van der Waals surface area contributed by atoms with Gasteiger partial charge in [-0.3, -0.25) is 9.59 Å². The fourth-order valence-corrected chi connectivity index (χ4v) is 2.80. The van der Waals surface area contributed by atoms with Crippen LogP contribution >= 0.6 is 12.2 Å². The molecule has 2 aromatic rings. The minimum atomic E-state index is -0.378. The van der Waals surface area contributed by atoms with E-state index in [0.717, 1.165) is 24.1 Å². The first-order valence-corrected chi connectivity index (χ1v) is 9.72. The highest BCUT2D eigenvalue weighted by atomic mass is 32.1. The van der Waals surface area contributed by atoms with Gasteiger partial charge in [0.1, 0.15) is 0 Å². The van der Waals surface area contributed by atoms with Crippen LogP contribution in [0, 0.1) is 13.8 Å². The number of thiocarbonyl (C=S) groups is 1. The number of hydrogen-bond acceptors (Lipinski definition) is 4. The molecule has 0 saturated carbocycles. The summed E-state index contributed by atoms with van der Waals surface area (Å²) in [6.07, 6.45) is 1.68. The molecule has 2 rings (SSSR count). The van der Waals surface area contributed by atoms with Crippen LogP contribution in [0.5, 0.6) is 0 Å². The van der Waals surface area contributed by atoms with E-state index < -0.39 is 0 Å². The van der Waals surface area contributed by atoms with Gasteiger partial charge in [0, 0.05) is 12.1 Å². The van der Waals surface area contributed by atoms with Crippen molar-refractivity contribution in [2.45, 2.75) is 39.5 Å². The number of carbonyl (C=O) groups is 2. The molecule has 0 aliphatic carbocycles. The van der Waals surface area contributed by atoms with E-state index in [-0.39, 0.29) is 29.8 Å². The zero-order valence-corrected chi connectivity index (χ0v) is 17.1. The number of aryl methyl sites for hydroxylation is 3. The molecule has 0 radical (unpaired) electrons. The maximum atomic E-state index is 11.9. The lowest BCUT2D eigenvalue weighted by Crippen LogP contribution is -2.34. The second kappa shape index (κ2) is 11.2. The van der Waals surface area contributed by atoms with Crippen molar-refractivity contribution in [3.8, 4) is 0 Å². The third kappa shape index (κ3) is 7.88. The summed E-state index contributed by atoms with van der Waals surface area (Å²) in [5, 5.41) is 5.76. The number of benzene rings is 2. The van der Waals surface area contributed by atoms with Crippen LogP contribution in [0.1, 0.15) is 36.0 Å². The normalized spacial score (nSPS) is 10.2. The highest BCUT2D eigenvalue weighted by Gasteiger charge is 2.10. The van der Waals surface area contributed by atoms with Gasteiger partial charge in [0.15, 0.2) is 5.11 Å². The number of esters is 1. The molecule has 0 aliphatic rings. The summed E-state index contributed by atoms with van der Waals surface area (Å²) in [6.45, 7) is 4.38. The molecule has 0 unspecified atom stereocenters. The van der Waals surface area contributed by atoms with E-state index in [2.05, 4.69) is 10.6 Å². The van der Waals surface area contributed by atoms with Crippen molar-refractivity contribution in [2.24, 2.45) is 0 Å². The van der Waals surface area contributed by atoms with Crippen LogP contribution in [-0.2, 0) is 20.7 Å². The number of rotatable bonds is 8. The molecule has 0 spiro atoms. The van der Waals surface area contributed by atoms with Gasteiger partial charge >= 0.3 is 5.97 Å². The van der Waals surface area contributed by atoms with Gasteiger partial charge in [-0.05, 0) is 67.7 Å². The molecule has 6 heteroatoms. The first-order valence-electron chi connectivity index (χ1n) is 9.31. The van der Waals surface area contributed by atoms with Crippen molar-refractivity contribution in [2.75, 3.05) is 11.9 Å². The quantitative estimate of drug-likeness (QED) is 0.399. The van der Waals surface area contributed by atoms with Crippen LogP contribution in [0.25, 0.3) is 0 Å². The molecular formula is C22H26N2O3S. The molecule has 2 aromatic carbocycles. The Labute approximate surface area is 171 Å². The number of nitrogens with one attached hydrogen (secondary N) is 2. The number of ether oxygens (including phenoxy) is 1. The fourth-order valence-electron chi connectivity index (χ4n) is 2.57. The third-order valence-corrected chi connectivity index (χ3v) is 4.49. The van der Waals surface area contributed by atoms with Crippen LogP contribution in [0.2, 0.25) is 0 Å². The van der Waals surface area contributed by atoms with E-state index >= 15 is 0 Å². The van der Waals surface area contributed by atoms with Crippen LogP contribution in [0.15, 0.2) is 48.5 Å². The number of amides is 1. The van der Waals surface area contributed by atoms with E-state index in [9.17, 15) is 9.59 Å². The molecule has 0 bridgehead atoms. The van der Waals surface area contributed by atoms with Crippen LogP contribution in [0.4, 0.5) is 5.69 Å². The van der Waals surface area contributed by atoms with Crippen molar-refractivity contribution < 1.29 is 14.3 Å². The minimum Gasteiger partial charge on any atom is -0.466 e. The van der Waals surface area contributed by atoms with E-state index in [1.165, 1.54) is 11.1 Å². The molecule has 1 amide bonds. The van der Waals surface area contributed by atoms with Crippen LogP contribution in [-0.4, -0.2) is 23.6 Å². The Morgan fingerprint density at radius 2 is 1.75 bits per heavy atom. The average molecular weight is 399 g/mol. The van der Waals surface area contributed by atoms with E-state index in [4.69, 9.17) is 17.0 Å². The largest absolute Gasteiger partial charge is 0.466 e. The maximum absolute atomic E-state index is 11.9. The number of carbonyl (C=O) groups excluding carboxylic acids is 2. The van der Waals surface area contributed by atoms with Gasteiger partial charge in [0.2, 0.25) is 5.91 Å². The molecule has 0 fully saturated rings. The van der Waals surface area contributed by atoms with Gasteiger partial charge in [-0.1, -0.05) is 36.4 Å². The Kier molecular flexibility index (Phi) is 8.62. The van der Waals surface area contributed by atoms with Crippen LogP contribution in [0.3, 0.4) is 0 Å². The molecule has 0 aliphatic heterocycles. The molecule has 0 aromatic heterocycles. The van der Waals surface area contributed by atoms with Crippen molar-refractivity contribution in [1.29, 1.82) is 0 Å². The Morgan fingerprint density at radius 3 is 2.46 bits per heavy atom. The molecule has 0 heterocycles. The molecule has 28 heavy (non-hydrogen) atoms. The van der Waals surface area contributed by atoms with E-state index in [1.807, 2.05) is 62.4 Å². The van der Waals surface area contributed by atoms with Crippen LogP contribution < -0.4 is 10.6 Å². The van der Waals surface area contributed by atoms with Gasteiger partial charge < -0.3 is 15.4 Å². The minimum absolute atomic E-state index is 0.0312. The second-order valence-corrected chi connectivity index (χ2v) is 7.02.